The van der Waals surface area contributed by atoms with Gasteiger partial charge >= 0.3 is 5.69 Å². The van der Waals surface area contributed by atoms with Crippen molar-refractivity contribution in [3.05, 3.63) is 56.5 Å². The van der Waals surface area contributed by atoms with Crippen molar-refractivity contribution in [2.75, 3.05) is 5.73 Å². The van der Waals surface area contributed by atoms with E-state index in [9.17, 15) is 9.59 Å². The molecule has 2 aromatic heterocycles. The summed E-state index contributed by atoms with van der Waals surface area (Å²) in [5, 5.41) is 0. The fourth-order valence-electron chi connectivity index (χ4n) is 4.70. The Hall–Kier alpha value is -2.83. The van der Waals surface area contributed by atoms with Crippen LogP contribution in [0.2, 0.25) is 0 Å². The van der Waals surface area contributed by atoms with Gasteiger partial charge in [-0.2, -0.15) is 0 Å². The highest BCUT2D eigenvalue weighted by Gasteiger charge is 2.44. The molecule has 158 valence electrons. The highest BCUT2D eigenvalue weighted by atomic mass is 16.2. The molecule has 0 amide bonds. The van der Waals surface area contributed by atoms with Gasteiger partial charge in [0.2, 0.25) is 0 Å². The summed E-state index contributed by atoms with van der Waals surface area (Å²) >= 11 is 0. The monoisotopic (exact) mass is 407 g/mol. The maximum atomic E-state index is 13.2. The van der Waals surface area contributed by atoms with Crippen molar-refractivity contribution in [3.8, 4) is 0 Å². The van der Waals surface area contributed by atoms with E-state index in [1.165, 1.54) is 30.3 Å². The summed E-state index contributed by atoms with van der Waals surface area (Å²) in [6.45, 7) is 2.85. The SMILES string of the molecule is CCCn1c(=O)c2[nH]c(C(C3CC3)C3CC3)nc2n(CCc2cccc(N)c2)c1=O. The molecule has 0 saturated heterocycles. The molecule has 0 bridgehead atoms. The molecule has 3 aromatic rings. The fourth-order valence-corrected chi connectivity index (χ4v) is 4.70. The van der Waals surface area contributed by atoms with Crippen LogP contribution in [-0.2, 0) is 19.5 Å². The second-order valence-corrected chi connectivity index (χ2v) is 8.91. The first-order valence-electron chi connectivity index (χ1n) is 11.1. The third-order valence-electron chi connectivity index (χ3n) is 6.48. The smallest absolute Gasteiger partial charge is 0.332 e. The van der Waals surface area contributed by atoms with Gasteiger partial charge < -0.3 is 10.7 Å². The number of fused-ring (bicyclic) bond motifs is 1. The lowest BCUT2D eigenvalue weighted by Crippen LogP contribution is -2.40. The Morgan fingerprint density at radius 2 is 1.87 bits per heavy atom. The molecule has 2 fully saturated rings. The second kappa shape index (κ2) is 7.45. The third-order valence-corrected chi connectivity index (χ3v) is 6.48. The van der Waals surface area contributed by atoms with Crippen molar-refractivity contribution >= 4 is 16.9 Å². The predicted octanol–water partition coefficient (Wildman–Crippen LogP) is 3.02. The molecular formula is C23H29N5O2. The highest BCUT2D eigenvalue weighted by molar-refractivity contribution is 5.70. The summed E-state index contributed by atoms with van der Waals surface area (Å²) in [6, 6.07) is 7.71. The van der Waals surface area contributed by atoms with Crippen LogP contribution < -0.4 is 17.0 Å². The van der Waals surface area contributed by atoms with E-state index in [4.69, 9.17) is 10.7 Å². The zero-order valence-electron chi connectivity index (χ0n) is 17.4. The number of imidazole rings is 1. The van der Waals surface area contributed by atoms with E-state index in [-0.39, 0.29) is 11.2 Å². The molecule has 0 spiro atoms. The lowest BCUT2D eigenvalue weighted by atomic mass is 9.97. The molecule has 0 unspecified atom stereocenters. The number of hydrogen-bond donors (Lipinski definition) is 2. The Bertz CT molecular complexity index is 1180. The molecule has 0 atom stereocenters. The zero-order chi connectivity index (χ0) is 20.8. The Kier molecular flexibility index (Phi) is 4.76. The summed E-state index contributed by atoms with van der Waals surface area (Å²) in [7, 11) is 0. The van der Waals surface area contributed by atoms with E-state index in [1.807, 2.05) is 31.2 Å². The molecule has 0 radical (unpaired) electrons. The van der Waals surface area contributed by atoms with Crippen LogP contribution in [-0.4, -0.2) is 19.1 Å². The maximum absolute atomic E-state index is 13.2. The lowest BCUT2D eigenvalue weighted by Gasteiger charge is -2.11. The number of nitrogens with one attached hydrogen (secondary N) is 1. The van der Waals surface area contributed by atoms with Crippen molar-refractivity contribution in [2.24, 2.45) is 11.8 Å². The number of rotatable bonds is 8. The highest BCUT2D eigenvalue weighted by Crippen LogP contribution is 2.53. The standard InChI is InChI=1S/C23H29N5O2/c1-2-11-28-22(29)19-21(26-20(25-19)18(15-6-7-15)16-8-9-16)27(23(28)30)12-10-14-4-3-5-17(24)13-14/h3-5,13,15-16,18H,2,6-12,24H2,1H3,(H,25,26). The molecule has 30 heavy (non-hydrogen) atoms. The van der Waals surface area contributed by atoms with Crippen molar-refractivity contribution in [2.45, 2.75) is 64.5 Å². The van der Waals surface area contributed by atoms with E-state index < -0.39 is 0 Å². The number of benzene rings is 1. The minimum Gasteiger partial charge on any atom is -0.399 e. The minimum atomic E-state index is -0.273. The Morgan fingerprint density at radius 3 is 2.50 bits per heavy atom. The van der Waals surface area contributed by atoms with Gasteiger partial charge in [0.1, 0.15) is 11.3 Å². The molecule has 0 aliphatic heterocycles. The van der Waals surface area contributed by atoms with E-state index in [0.717, 1.165) is 17.8 Å². The Balaban J connectivity index is 1.59. The lowest BCUT2D eigenvalue weighted by molar-refractivity contribution is 0.513. The third kappa shape index (κ3) is 3.46. The van der Waals surface area contributed by atoms with E-state index in [0.29, 0.717) is 54.1 Å². The van der Waals surface area contributed by atoms with Crippen LogP contribution >= 0.6 is 0 Å². The molecule has 2 heterocycles. The van der Waals surface area contributed by atoms with Gasteiger partial charge in [-0.15, -0.1) is 0 Å². The molecule has 3 N–H and O–H groups in total. The number of aromatic nitrogens is 4. The first-order valence-corrected chi connectivity index (χ1v) is 11.1. The number of aromatic amines is 1. The first kappa shape index (κ1) is 19.2. The number of aryl methyl sites for hydroxylation is 2. The maximum Gasteiger partial charge on any atom is 0.332 e. The molecule has 7 heteroatoms. The summed E-state index contributed by atoms with van der Waals surface area (Å²) in [5.74, 6) is 2.64. The van der Waals surface area contributed by atoms with Crippen molar-refractivity contribution < 1.29 is 0 Å². The van der Waals surface area contributed by atoms with Crippen molar-refractivity contribution in [1.29, 1.82) is 0 Å². The molecule has 7 nitrogen and oxygen atoms in total. The second-order valence-electron chi connectivity index (χ2n) is 8.91. The van der Waals surface area contributed by atoms with E-state index >= 15 is 0 Å². The van der Waals surface area contributed by atoms with Crippen LogP contribution in [0.15, 0.2) is 33.9 Å². The molecule has 5 rings (SSSR count). The van der Waals surface area contributed by atoms with Crippen LogP contribution in [0.4, 0.5) is 5.69 Å². The van der Waals surface area contributed by atoms with Crippen LogP contribution in [0, 0.1) is 11.8 Å². The molecule has 2 saturated carbocycles. The molecular weight excluding hydrogens is 378 g/mol. The quantitative estimate of drug-likeness (QED) is 0.561. The van der Waals surface area contributed by atoms with Gasteiger partial charge in [-0.1, -0.05) is 19.1 Å². The first-order chi connectivity index (χ1) is 14.6. The number of hydrogen-bond acceptors (Lipinski definition) is 4. The van der Waals surface area contributed by atoms with E-state index in [2.05, 4.69) is 4.98 Å². The molecule has 2 aliphatic rings. The average molecular weight is 408 g/mol. The minimum absolute atomic E-state index is 0.249. The van der Waals surface area contributed by atoms with E-state index in [1.54, 1.807) is 4.57 Å². The number of nitrogen functional groups attached to an aromatic ring is 1. The topological polar surface area (TPSA) is 98.7 Å². The average Bonchev–Trinajstić information content (AvgIpc) is 3.65. The van der Waals surface area contributed by atoms with Crippen LogP contribution in [0.25, 0.3) is 11.2 Å². The van der Waals surface area contributed by atoms with Gasteiger partial charge in [0.15, 0.2) is 5.65 Å². The summed E-state index contributed by atoms with van der Waals surface area (Å²) < 4.78 is 3.03. The van der Waals surface area contributed by atoms with Gasteiger partial charge in [0, 0.05) is 24.7 Å². The molecule has 1 aromatic carbocycles. The van der Waals surface area contributed by atoms with Gasteiger partial charge in [-0.05, 0) is 68.1 Å². The predicted molar refractivity (Wildman–Crippen MR) is 118 cm³/mol. The van der Waals surface area contributed by atoms with Gasteiger partial charge in [-0.25, -0.2) is 9.78 Å². The number of nitrogens with zero attached hydrogens (tertiary/aromatic N) is 3. The summed E-state index contributed by atoms with van der Waals surface area (Å²) in [4.78, 5) is 34.5. The van der Waals surface area contributed by atoms with Gasteiger partial charge in [-0.3, -0.25) is 13.9 Å². The molecule has 2 aliphatic carbocycles. The van der Waals surface area contributed by atoms with Crippen LogP contribution in [0.3, 0.4) is 0 Å². The zero-order valence-corrected chi connectivity index (χ0v) is 17.4. The number of H-pyrrole nitrogens is 1. The largest absolute Gasteiger partial charge is 0.399 e. The van der Waals surface area contributed by atoms with Gasteiger partial charge in [0.25, 0.3) is 5.56 Å². The Morgan fingerprint density at radius 1 is 1.13 bits per heavy atom. The number of nitrogens with two attached hydrogens (primary N) is 1. The van der Waals surface area contributed by atoms with Crippen LogP contribution in [0.5, 0.6) is 0 Å². The fraction of sp³-hybridized carbons (Fsp3) is 0.522. The van der Waals surface area contributed by atoms with Crippen molar-refractivity contribution in [3.63, 3.8) is 0 Å². The van der Waals surface area contributed by atoms with Gasteiger partial charge in [0.05, 0.1) is 0 Å². The summed E-state index contributed by atoms with van der Waals surface area (Å²) in [5.41, 5.74) is 8.13. The summed E-state index contributed by atoms with van der Waals surface area (Å²) in [6.07, 6.45) is 6.33. The Labute approximate surface area is 174 Å². The number of anilines is 1. The van der Waals surface area contributed by atoms with Crippen molar-refractivity contribution in [1.82, 2.24) is 19.1 Å². The normalized spacial score (nSPS) is 16.6. The van der Waals surface area contributed by atoms with Crippen LogP contribution in [0.1, 0.15) is 56.3 Å².